The van der Waals surface area contributed by atoms with Gasteiger partial charge in [-0.1, -0.05) is 28.1 Å². The Morgan fingerprint density at radius 3 is 2.57 bits per heavy atom. The molecule has 0 aromatic heterocycles. The van der Waals surface area contributed by atoms with Gasteiger partial charge in [-0.3, -0.25) is 0 Å². The Labute approximate surface area is 93.0 Å². The minimum atomic E-state index is 0.604. The van der Waals surface area contributed by atoms with Crippen LogP contribution in [-0.4, -0.2) is 6.54 Å². The quantitative estimate of drug-likeness (QED) is 0.809. The van der Waals surface area contributed by atoms with Crippen molar-refractivity contribution >= 4 is 15.9 Å². The summed E-state index contributed by atoms with van der Waals surface area (Å²) in [5.41, 5.74) is 1.44. The summed E-state index contributed by atoms with van der Waals surface area (Å²) in [5.74, 6) is 2.02. The summed E-state index contributed by atoms with van der Waals surface area (Å²) in [6, 6.07) is 9.33. The number of hydrogen-bond acceptors (Lipinski definition) is 1. The van der Waals surface area contributed by atoms with Gasteiger partial charge in [0, 0.05) is 10.5 Å². The third-order valence-corrected chi connectivity index (χ3v) is 4.03. The van der Waals surface area contributed by atoms with Crippen molar-refractivity contribution in [3.05, 3.63) is 34.3 Å². The standard InChI is InChI=1S/C12H14BrN/c13-11-3-1-8(2-4-11)12-6-9-5-10(9)7-14-12/h1-4,9-10,12,14H,5-7H2. The van der Waals surface area contributed by atoms with Crippen LogP contribution in [0.15, 0.2) is 28.7 Å². The predicted octanol–water partition coefficient (Wildman–Crippen LogP) is 3.12. The fraction of sp³-hybridized carbons (Fsp3) is 0.500. The average Bonchev–Trinajstić information content (AvgIpc) is 2.96. The molecule has 1 aromatic carbocycles. The van der Waals surface area contributed by atoms with Crippen molar-refractivity contribution in [2.24, 2.45) is 11.8 Å². The van der Waals surface area contributed by atoms with E-state index < -0.39 is 0 Å². The van der Waals surface area contributed by atoms with Crippen molar-refractivity contribution in [3.8, 4) is 0 Å². The van der Waals surface area contributed by atoms with E-state index in [1.165, 1.54) is 29.4 Å². The molecule has 2 aliphatic rings. The third-order valence-electron chi connectivity index (χ3n) is 3.51. The summed E-state index contributed by atoms with van der Waals surface area (Å²) in [7, 11) is 0. The summed E-state index contributed by atoms with van der Waals surface area (Å²) in [6.45, 7) is 1.23. The molecule has 1 heterocycles. The number of benzene rings is 1. The summed E-state index contributed by atoms with van der Waals surface area (Å²) in [6.07, 6.45) is 2.80. The van der Waals surface area contributed by atoms with Crippen LogP contribution >= 0.6 is 15.9 Å². The van der Waals surface area contributed by atoms with Crippen LogP contribution in [-0.2, 0) is 0 Å². The van der Waals surface area contributed by atoms with Crippen LogP contribution in [0.1, 0.15) is 24.4 Å². The zero-order chi connectivity index (χ0) is 9.54. The number of rotatable bonds is 1. The van der Waals surface area contributed by atoms with Crippen LogP contribution in [0, 0.1) is 11.8 Å². The summed E-state index contributed by atoms with van der Waals surface area (Å²) in [5, 5.41) is 3.63. The molecule has 3 atom stereocenters. The highest BCUT2D eigenvalue weighted by atomic mass is 79.9. The second-order valence-electron chi connectivity index (χ2n) is 4.50. The van der Waals surface area contributed by atoms with E-state index in [0.717, 1.165) is 11.8 Å². The Morgan fingerprint density at radius 1 is 1.07 bits per heavy atom. The highest BCUT2D eigenvalue weighted by Gasteiger charge is 2.42. The number of hydrogen-bond donors (Lipinski definition) is 1. The molecule has 1 saturated carbocycles. The summed E-state index contributed by atoms with van der Waals surface area (Å²) < 4.78 is 1.17. The average molecular weight is 252 g/mol. The third kappa shape index (κ3) is 1.61. The Morgan fingerprint density at radius 2 is 1.86 bits per heavy atom. The van der Waals surface area contributed by atoms with Gasteiger partial charge >= 0.3 is 0 Å². The second-order valence-corrected chi connectivity index (χ2v) is 5.42. The lowest BCUT2D eigenvalue weighted by Gasteiger charge is -2.23. The van der Waals surface area contributed by atoms with Crippen LogP contribution in [0.5, 0.6) is 0 Å². The molecule has 0 spiro atoms. The van der Waals surface area contributed by atoms with Gasteiger partial charge in [0.15, 0.2) is 0 Å². The van der Waals surface area contributed by atoms with Gasteiger partial charge in [-0.2, -0.15) is 0 Å². The van der Waals surface area contributed by atoms with E-state index in [1.807, 2.05) is 0 Å². The van der Waals surface area contributed by atoms with Crippen molar-refractivity contribution < 1.29 is 0 Å². The van der Waals surface area contributed by atoms with Crippen molar-refractivity contribution in [1.82, 2.24) is 5.32 Å². The smallest absolute Gasteiger partial charge is 0.0323 e. The first-order valence-corrected chi connectivity index (χ1v) is 6.11. The van der Waals surface area contributed by atoms with Gasteiger partial charge in [0.2, 0.25) is 0 Å². The fourth-order valence-electron chi connectivity index (χ4n) is 2.48. The summed E-state index contributed by atoms with van der Waals surface area (Å²) in [4.78, 5) is 0. The van der Waals surface area contributed by atoms with Crippen LogP contribution < -0.4 is 5.32 Å². The normalized spacial score (nSPS) is 35.1. The minimum absolute atomic E-state index is 0.604. The van der Waals surface area contributed by atoms with Crippen molar-refractivity contribution in [1.29, 1.82) is 0 Å². The van der Waals surface area contributed by atoms with Gasteiger partial charge in [-0.05, 0) is 48.9 Å². The topological polar surface area (TPSA) is 12.0 Å². The molecular weight excluding hydrogens is 238 g/mol. The largest absolute Gasteiger partial charge is 0.310 e. The van der Waals surface area contributed by atoms with Gasteiger partial charge in [0.1, 0.15) is 0 Å². The molecule has 0 amide bonds. The molecule has 1 saturated heterocycles. The van der Waals surface area contributed by atoms with E-state index in [0.29, 0.717) is 6.04 Å². The van der Waals surface area contributed by atoms with E-state index in [1.54, 1.807) is 0 Å². The Hall–Kier alpha value is -0.340. The molecule has 3 rings (SSSR count). The molecule has 14 heavy (non-hydrogen) atoms. The second kappa shape index (κ2) is 3.35. The van der Waals surface area contributed by atoms with Gasteiger partial charge in [-0.25, -0.2) is 0 Å². The minimum Gasteiger partial charge on any atom is -0.310 e. The van der Waals surface area contributed by atoms with Crippen LogP contribution in [0.3, 0.4) is 0 Å². The molecule has 1 aliphatic carbocycles. The number of halogens is 1. The molecule has 0 bridgehead atoms. The van der Waals surface area contributed by atoms with Gasteiger partial charge in [0.25, 0.3) is 0 Å². The van der Waals surface area contributed by atoms with Crippen LogP contribution in [0.4, 0.5) is 0 Å². The maximum absolute atomic E-state index is 3.63. The number of nitrogens with one attached hydrogen (secondary N) is 1. The fourth-order valence-corrected chi connectivity index (χ4v) is 2.74. The van der Waals surface area contributed by atoms with E-state index in [2.05, 4.69) is 45.5 Å². The molecule has 2 heteroatoms. The van der Waals surface area contributed by atoms with E-state index in [9.17, 15) is 0 Å². The molecule has 0 radical (unpaired) electrons. The van der Waals surface area contributed by atoms with E-state index >= 15 is 0 Å². The molecule has 1 N–H and O–H groups in total. The molecular formula is C12H14BrN. The molecule has 2 fully saturated rings. The zero-order valence-electron chi connectivity index (χ0n) is 8.04. The van der Waals surface area contributed by atoms with Crippen LogP contribution in [0.25, 0.3) is 0 Å². The highest BCUT2D eigenvalue weighted by Crippen LogP contribution is 2.47. The van der Waals surface area contributed by atoms with Gasteiger partial charge in [0.05, 0.1) is 0 Å². The van der Waals surface area contributed by atoms with E-state index in [-0.39, 0.29) is 0 Å². The number of piperidine rings is 1. The molecule has 1 aromatic rings. The van der Waals surface area contributed by atoms with Crippen LogP contribution in [0.2, 0.25) is 0 Å². The molecule has 1 nitrogen and oxygen atoms in total. The van der Waals surface area contributed by atoms with Crippen molar-refractivity contribution in [3.63, 3.8) is 0 Å². The molecule has 74 valence electrons. The summed E-state index contributed by atoms with van der Waals surface area (Å²) >= 11 is 3.47. The van der Waals surface area contributed by atoms with E-state index in [4.69, 9.17) is 0 Å². The number of fused-ring (bicyclic) bond motifs is 1. The Balaban J connectivity index is 1.77. The van der Waals surface area contributed by atoms with Crippen molar-refractivity contribution in [2.45, 2.75) is 18.9 Å². The monoisotopic (exact) mass is 251 g/mol. The van der Waals surface area contributed by atoms with Gasteiger partial charge in [-0.15, -0.1) is 0 Å². The maximum Gasteiger partial charge on any atom is 0.0323 e. The first-order valence-electron chi connectivity index (χ1n) is 5.32. The zero-order valence-corrected chi connectivity index (χ0v) is 9.63. The highest BCUT2D eigenvalue weighted by molar-refractivity contribution is 9.10. The predicted molar refractivity (Wildman–Crippen MR) is 61.1 cm³/mol. The first-order chi connectivity index (χ1) is 6.83. The van der Waals surface area contributed by atoms with Crippen molar-refractivity contribution in [2.75, 3.05) is 6.54 Å². The Bertz CT molecular complexity index is 333. The lowest BCUT2D eigenvalue weighted by atomic mass is 9.97. The maximum atomic E-state index is 3.63. The van der Waals surface area contributed by atoms with Gasteiger partial charge < -0.3 is 5.32 Å². The lowest BCUT2D eigenvalue weighted by Crippen LogP contribution is -2.28. The Kier molecular flexibility index (Phi) is 2.14. The SMILES string of the molecule is Brc1ccc(C2CC3CC3CN2)cc1. The lowest BCUT2D eigenvalue weighted by molar-refractivity contribution is 0.395. The molecule has 3 unspecified atom stereocenters. The first kappa shape index (κ1) is 8.93. The molecule has 1 aliphatic heterocycles.